The Hall–Kier alpha value is -0.430. The summed E-state index contributed by atoms with van der Waals surface area (Å²) in [5.74, 6) is 1.07. The number of nitrogens with one attached hydrogen (secondary N) is 1. The van der Waals surface area contributed by atoms with Gasteiger partial charge in [-0.1, -0.05) is 0 Å². The van der Waals surface area contributed by atoms with E-state index >= 15 is 0 Å². The highest BCUT2D eigenvalue weighted by Gasteiger charge is 2.23. The predicted molar refractivity (Wildman–Crippen MR) is 75.3 cm³/mol. The molecule has 1 unspecified atom stereocenters. The average molecular weight is 317 g/mol. The van der Waals surface area contributed by atoms with Crippen LogP contribution < -0.4 is 5.32 Å². The van der Waals surface area contributed by atoms with E-state index in [1.54, 1.807) is 0 Å². The van der Waals surface area contributed by atoms with Crippen LogP contribution in [0.25, 0.3) is 0 Å². The SMILES string of the molecule is CNCC1CCN(Cc2nccn2C(F)F)C1.Cl.Cl. The van der Waals surface area contributed by atoms with E-state index in [0.717, 1.165) is 30.6 Å². The van der Waals surface area contributed by atoms with Gasteiger partial charge in [-0.3, -0.25) is 9.47 Å². The highest BCUT2D eigenvalue weighted by atomic mass is 35.5. The van der Waals surface area contributed by atoms with Crippen molar-refractivity contribution in [3.63, 3.8) is 0 Å². The van der Waals surface area contributed by atoms with Gasteiger partial charge in [-0.2, -0.15) is 8.78 Å². The highest BCUT2D eigenvalue weighted by Crippen LogP contribution is 2.19. The molecule has 0 radical (unpaired) electrons. The van der Waals surface area contributed by atoms with Gasteiger partial charge in [0, 0.05) is 18.9 Å². The summed E-state index contributed by atoms with van der Waals surface area (Å²) in [7, 11) is 1.94. The molecule has 19 heavy (non-hydrogen) atoms. The maximum Gasteiger partial charge on any atom is 0.319 e. The molecule has 0 saturated carbocycles. The van der Waals surface area contributed by atoms with Crippen LogP contribution in [0.4, 0.5) is 8.78 Å². The Balaban J connectivity index is 0.00000162. The number of halogens is 4. The zero-order chi connectivity index (χ0) is 12.3. The lowest BCUT2D eigenvalue weighted by Crippen LogP contribution is -2.25. The first-order chi connectivity index (χ1) is 8.20. The Morgan fingerprint density at radius 3 is 2.84 bits per heavy atom. The van der Waals surface area contributed by atoms with Crippen LogP contribution in [0.15, 0.2) is 12.4 Å². The highest BCUT2D eigenvalue weighted by molar-refractivity contribution is 5.85. The molecule has 2 heterocycles. The largest absolute Gasteiger partial charge is 0.319 e. The molecule has 1 aromatic heterocycles. The van der Waals surface area contributed by atoms with E-state index in [4.69, 9.17) is 0 Å². The molecule has 0 aromatic carbocycles. The van der Waals surface area contributed by atoms with Crippen LogP contribution in [0, 0.1) is 5.92 Å². The van der Waals surface area contributed by atoms with E-state index in [1.165, 1.54) is 12.4 Å². The van der Waals surface area contributed by atoms with Gasteiger partial charge in [0.25, 0.3) is 0 Å². The molecule has 8 heteroatoms. The van der Waals surface area contributed by atoms with Crippen molar-refractivity contribution in [3.05, 3.63) is 18.2 Å². The summed E-state index contributed by atoms with van der Waals surface area (Å²) in [5, 5.41) is 3.15. The number of imidazole rings is 1. The third-order valence-corrected chi connectivity index (χ3v) is 3.19. The maximum absolute atomic E-state index is 12.6. The van der Waals surface area contributed by atoms with Crippen LogP contribution in [-0.4, -0.2) is 41.1 Å². The Morgan fingerprint density at radius 1 is 1.47 bits per heavy atom. The molecule has 1 N–H and O–H groups in total. The number of alkyl halides is 2. The second-order valence-corrected chi connectivity index (χ2v) is 4.48. The molecule has 1 aliphatic heterocycles. The molecule has 0 aliphatic carbocycles. The fraction of sp³-hybridized carbons (Fsp3) is 0.727. The second kappa shape index (κ2) is 8.68. The fourth-order valence-electron chi connectivity index (χ4n) is 2.36. The Bertz CT molecular complexity index is 362. The Kier molecular flexibility index (Phi) is 8.49. The number of rotatable bonds is 5. The minimum Gasteiger partial charge on any atom is -0.319 e. The molecule has 0 spiro atoms. The van der Waals surface area contributed by atoms with Crippen molar-refractivity contribution in [2.75, 3.05) is 26.7 Å². The second-order valence-electron chi connectivity index (χ2n) is 4.48. The fourth-order valence-corrected chi connectivity index (χ4v) is 2.36. The summed E-state index contributed by atoms with van der Waals surface area (Å²) < 4.78 is 26.2. The lowest BCUT2D eigenvalue weighted by Gasteiger charge is -2.16. The summed E-state index contributed by atoms with van der Waals surface area (Å²) in [6.07, 6.45) is 3.89. The van der Waals surface area contributed by atoms with E-state index < -0.39 is 6.55 Å². The summed E-state index contributed by atoms with van der Waals surface area (Å²) in [4.78, 5) is 6.18. The van der Waals surface area contributed by atoms with Crippen LogP contribution >= 0.6 is 24.8 Å². The zero-order valence-electron chi connectivity index (χ0n) is 10.8. The third kappa shape index (κ3) is 4.87. The molecule has 1 aromatic rings. The molecule has 0 bridgehead atoms. The Labute approximate surface area is 124 Å². The van der Waals surface area contributed by atoms with Crippen molar-refractivity contribution in [3.8, 4) is 0 Å². The summed E-state index contributed by atoms with van der Waals surface area (Å²) in [6, 6.07) is 0. The minimum atomic E-state index is -2.50. The number of hydrogen-bond acceptors (Lipinski definition) is 3. The molecule has 112 valence electrons. The minimum absolute atomic E-state index is 0. The van der Waals surface area contributed by atoms with E-state index in [0.29, 0.717) is 18.3 Å². The van der Waals surface area contributed by atoms with Crippen molar-refractivity contribution in [2.24, 2.45) is 5.92 Å². The molecule has 1 aliphatic rings. The van der Waals surface area contributed by atoms with E-state index in [9.17, 15) is 8.78 Å². The van der Waals surface area contributed by atoms with E-state index in [1.807, 2.05) is 7.05 Å². The normalized spacial score (nSPS) is 19.3. The monoisotopic (exact) mass is 316 g/mol. The summed E-state index contributed by atoms with van der Waals surface area (Å²) in [5.41, 5.74) is 0. The topological polar surface area (TPSA) is 33.1 Å². The van der Waals surface area contributed by atoms with Gasteiger partial charge in [0.15, 0.2) is 0 Å². The third-order valence-electron chi connectivity index (χ3n) is 3.19. The van der Waals surface area contributed by atoms with Gasteiger partial charge in [0.1, 0.15) is 5.82 Å². The van der Waals surface area contributed by atoms with Gasteiger partial charge in [-0.15, -0.1) is 24.8 Å². The van der Waals surface area contributed by atoms with Crippen molar-refractivity contribution in [1.82, 2.24) is 19.8 Å². The van der Waals surface area contributed by atoms with Gasteiger partial charge in [0.05, 0.1) is 6.54 Å². The summed E-state index contributed by atoms with van der Waals surface area (Å²) in [6.45, 7) is 0.916. The molecular weight excluding hydrogens is 297 g/mol. The smallest absolute Gasteiger partial charge is 0.319 e. The van der Waals surface area contributed by atoms with Gasteiger partial charge >= 0.3 is 6.55 Å². The number of nitrogens with zero attached hydrogens (tertiary/aromatic N) is 3. The predicted octanol–water partition coefficient (Wildman–Crippen LogP) is 2.16. The first-order valence-electron chi connectivity index (χ1n) is 5.87. The lowest BCUT2D eigenvalue weighted by molar-refractivity contribution is 0.0644. The quantitative estimate of drug-likeness (QED) is 0.903. The van der Waals surface area contributed by atoms with Gasteiger partial charge in [0.2, 0.25) is 0 Å². The van der Waals surface area contributed by atoms with Crippen molar-refractivity contribution >= 4 is 24.8 Å². The molecule has 1 saturated heterocycles. The molecule has 4 nitrogen and oxygen atoms in total. The maximum atomic E-state index is 12.6. The van der Waals surface area contributed by atoms with Crippen molar-refractivity contribution in [1.29, 1.82) is 0 Å². The molecular formula is C11H20Cl2F2N4. The Morgan fingerprint density at radius 2 is 2.21 bits per heavy atom. The average Bonchev–Trinajstić information content (AvgIpc) is 2.89. The van der Waals surface area contributed by atoms with Gasteiger partial charge < -0.3 is 5.32 Å². The van der Waals surface area contributed by atoms with E-state index in [2.05, 4.69) is 15.2 Å². The molecule has 1 fully saturated rings. The zero-order valence-corrected chi connectivity index (χ0v) is 12.4. The van der Waals surface area contributed by atoms with Crippen LogP contribution in [-0.2, 0) is 6.54 Å². The van der Waals surface area contributed by atoms with Crippen LogP contribution in [0.1, 0.15) is 18.8 Å². The first-order valence-corrected chi connectivity index (χ1v) is 5.87. The first kappa shape index (κ1) is 18.6. The molecule has 0 amide bonds. The van der Waals surface area contributed by atoms with Gasteiger partial charge in [-0.05, 0) is 32.5 Å². The van der Waals surface area contributed by atoms with Gasteiger partial charge in [-0.25, -0.2) is 4.98 Å². The van der Waals surface area contributed by atoms with Crippen LogP contribution in [0.2, 0.25) is 0 Å². The lowest BCUT2D eigenvalue weighted by atomic mass is 10.1. The number of aromatic nitrogens is 2. The van der Waals surface area contributed by atoms with Crippen LogP contribution in [0.3, 0.4) is 0 Å². The molecule has 1 atom stereocenters. The summed E-state index contributed by atoms with van der Waals surface area (Å²) >= 11 is 0. The standard InChI is InChI=1S/C11H18F2N4.2ClH/c1-14-6-9-2-4-16(7-9)8-10-15-3-5-17(10)11(12)13;;/h3,5,9,11,14H,2,4,6-8H2,1H3;2*1H. The number of hydrogen-bond donors (Lipinski definition) is 1. The number of likely N-dealkylation sites (tertiary alicyclic amines) is 1. The van der Waals surface area contributed by atoms with Crippen LogP contribution in [0.5, 0.6) is 0 Å². The van der Waals surface area contributed by atoms with Crippen molar-refractivity contribution < 1.29 is 8.78 Å². The van der Waals surface area contributed by atoms with Crippen molar-refractivity contribution in [2.45, 2.75) is 19.5 Å². The van der Waals surface area contributed by atoms with E-state index in [-0.39, 0.29) is 24.8 Å². The molecule has 2 rings (SSSR count).